The first-order valence-electron chi connectivity index (χ1n) is 4.59. The maximum atomic E-state index is 3.44. The summed E-state index contributed by atoms with van der Waals surface area (Å²) in [7, 11) is 4.18. The lowest BCUT2D eigenvalue weighted by Gasteiger charge is -2.29. The van der Waals surface area contributed by atoms with E-state index in [0.717, 1.165) is 0 Å². The van der Waals surface area contributed by atoms with Gasteiger partial charge in [0.25, 0.3) is 0 Å². The van der Waals surface area contributed by atoms with Crippen molar-refractivity contribution in [2.45, 2.75) is 12.3 Å². The fourth-order valence-corrected chi connectivity index (χ4v) is 2.21. The predicted molar refractivity (Wildman–Crippen MR) is 52.5 cm³/mol. The Labute approximate surface area is 77.7 Å². The topological polar surface area (TPSA) is 27.3 Å². The first kappa shape index (κ1) is 7.35. The molecule has 0 saturated carbocycles. The summed E-state index contributed by atoms with van der Waals surface area (Å²) in [4.78, 5) is 2.17. The Morgan fingerprint density at radius 3 is 2.62 bits per heavy atom. The van der Waals surface area contributed by atoms with Crippen LogP contribution in [0.5, 0.6) is 0 Å². The number of benzene rings is 1. The van der Waals surface area contributed by atoms with Crippen LogP contribution in [0.25, 0.3) is 0 Å². The molecule has 3 aliphatic rings. The van der Waals surface area contributed by atoms with Gasteiger partial charge in [0.1, 0.15) is 0 Å². The Bertz CT molecular complexity index is 353. The van der Waals surface area contributed by atoms with Crippen LogP contribution in [-0.2, 0) is 0 Å². The molecule has 68 valence electrons. The third-order valence-corrected chi connectivity index (χ3v) is 2.86. The fourth-order valence-electron chi connectivity index (χ4n) is 2.21. The molecule has 0 radical (unpaired) electrons. The van der Waals surface area contributed by atoms with Gasteiger partial charge >= 0.3 is 0 Å². The third kappa shape index (κ3) is 0.806. The molecule has 1 saturated heterocycles. The van der Waals surface area contributed by atoms with E-state index in [-0.39, 0.29) is 0 Å². The van der Waals surface area contributed by atoms with Gasteiger partial charge in [-0.3, -0.25) is 10.6 Å². The molecule has 2 N–H and O–H groups in total. The van der Waals surface area contributed by atoms with Crippen LogP contribution in [0, 0.1) is 0 Å². The minimum atomic E-state index is 0.388. The standard InChI is InChI=1S/C10H13N3/c1-13(2)7-5-3-4-6-8(7)10-11-9(6)12-10/h3-5,9-12H,1-2H3. The zero-order valence-corrected chi connectivity index (χ0v) is 7.83. The molecule has 0 aliphatic carbocycles. The van der Waals surface area contributed by atoms with Crippen LogP contribution in [-0.4, -0.2) is 14.1 Å². The zero-order chi connectivity index (χ0) is 9.00. The van der Waals surface area contributed by atoms with E-state index in [9.17, 15) is 0 Å². The fraction of sp³-hybridized carbons (Fsp3) is 0.400. The molecule has 3 aliphatic heterocycles. The Hall–Kier alpha value is -1.06. The summed E-state index contributed by atoms with van der Waals surface area (Å²) in [5, 5.41) is 6.88. The van der Waals surface area contributed by atoms with Crippen LogP contribution in [0.1, 0.15) is 23.5 Å². The van der Waals surface area contributed by atoms with Crippen molar-refractivity contribution in [3.8, 4) is 0 Å². The van der Waals surface area contributed by atoms with Crippen LogP contribution in [0.4, 0.5) is 5.69 Å². The van der Waals surface area contributed by atoms with Gasteiger partial charge in [0.05, 0.1) is 12.3 Å². The normalized spacial score (nSPS) is 28.2. The summed E-state index contributed by atoms with van der Waals surface area (Å²) in [6.07, 6.45) is 0.790. The van der Waals surface area contributed by atoms with Gasteiger partial charge < -0.3 is 4.90 Å². The molecule has 3 heterocycles. The van der Waals surface area contributed by atoms with Crippen molar-refractivity contribution in [2.75, 3.05) is 19.0 Å². The third-order valence-electron chi connectivity index (χ3n) is 2.86. The first-order chi connectivity index (χ1) is 6.27. The average molecular weight is 175 g/mol. The SMILES string of the molecule is CN(C)c1cccc2c1C1NC2N1. The minimum Gasteiger partial charge on any atom is -0.377 e. The second-order valence-corrected chi connectivity index (χ2v) is 3.87. The second-order valence-electron chi connectivity index (χ2n) is 3.87. The maximum Gasteiger partial charge on any atom is 0.0888 e. The summed E-state index contributed by atoms with van der Waals surface area (Å²) in [6, 6.07) is 6.49. The van der Waals surface area contributed by atoms with Crippen molar-refractivity contribution in [1.82, 2.24) is 10.6 Å². The molecule has 13 heavy (non-hydrogen) atoms. The molecule has 1 aromatic rings. The van der Waals surface area contributed by atoms with Crippen molar-refractivity contribution in [2.24, 2.45) is 0 Å². The van der Waals surface area contributed by atoms with Crippen molar-refractivity contribution < 1.29 is 0 Å². The molecule has 1 aromatic carbocycles. The molecule has 0 spiro atoms. The van der Waals surface area contributed by atoms with Crippen LogP contribution < -0.4 is 15.5 Å². The average Bonchev–Trinajstić information content (AvgIpc) is 2.53. The van der Waals surface area contributed by atoms with E-state index in [1.165, 1.54) is 16.8 Å². The largest absolute Gasteiger partial charge is 0.377 e. The summed E-state index contributed by atoms with van der Waals surface area (Å²) in [5.74, 6) is 0. The molecular formula is C10H13N3. The molecule has 0 amide bonds. The van der Waals surface area contributed by atoms with Crippen molar-refractivity contribution in [3.63, 3.8) is 0 Å². The molecule has 3 heteroatoms. The molecular weight excluding hydrogens is 162 g/mol. The molecule has 0 atom stereocenters. The Balaban J connectivity index is 2.19. The van der Waals surface area contributed by atoms with Crippen LogP contribution >= 0.6 is 0 Å². The highest BCUT2D eigenvalue weighted by Crippen LogP contribution is 2.43. The van der Waals surface area contributed by atoms with Crippen LogP contribution in [0.2, 0.25) is 0 Å². The van der Waals surface area contributed by atoms with E-state index in [0.29, 0.717) is 12.3 Å². The summed E-state index contributed by atoms with van der Waals surface area (Å²) in [6.45, 7) is 0. The van der Waals surface area contributed by atoms with E-state index >= 15 is 0 Å². The van der Waals surface area contributed by atoms with Gasteiger partial charge in [0.15, 0.2) is 0 Å². The van der Waals surface area contributed by atoms with Crippen molar-refractivity contribution >= 4 is 5.69 Å². The number of nitrogens with zero attached hydrogens (tertiary/aromatic N) is 1. The molecule has 3 nitrogen and oxygen atoms in total. The van der Waals surface area contributed by atoms with E-state index in [2.05, 4.69) is 47.8 Å². The highest BCUT2D eigenvalue weighted by atomic mass is 15.4. The highest BCUT2D eigenvalue weighted by Gasteiger charge is 2.42. The lowest BCUT2D eigenvalue weighted by molar-refractivity contribution is 0.248. The Kier molecular flexibility index (Phi) is 1.27. The predicted octanol–water partition coefficient (Wildman–Crippen LogP) is 0.956. The number of hydrogen-bond donors (Lipinski definition) is 2. The zero-order valence-electron chi connectivity index (χ0n) is 7.83. The monoisotopic (exact) mass is 175 g/mol. The molecule has 0 aromatic heterocycles. The quantitative estimate of drug-likeness (QED) is 0.665. The van der Waals surface area contributed by atoms with Gasteiger partial charge in [-0.25, -0.2) is 0 Å². The first-order valence-corrected chi connectivity index (χ1v) is 4.59. The molecule has 1 fully saturated rings. The lowest BCUT2D eigenvalue weighted by Crippen LogP contribution is -2.47. The molecule has 4 rings (SSSR count). The van der Waals surface area contributed by atoms with Gasteiger partial charge in [-0.1, -0.05) is 12.1 Å². The van der Waals surface area contributed by atoms with Crippen LogP contribution in [0.15, 0.2) is 18.2 Å². The van der Waals surface area contributed by atoms with Crippen molar-refractivity contribution in [1.29, 1.82) is 0 Å². The summed E-state index contributed by atoms with van der Waals surface area (Å²) < 4.78 is 0. The molecule has 0 unspecified atom stereocenters. The number of anilines is 1. The van der Waals surface area contributed by atoms with Crippen LogP contribution in [0.3, 0.4) is 0 Å². The number of nitrogens with one attached hydrogen (secondary N) is 2. The maximum absolute atomic E-state index is 3.44. The lowest BCUT2D eigenvalue weighted by atomic mass is 10.1. The van der Waals surface area contributed by atoms with E-state index in [4.69, 9.17) is 0 Å². The Morgan fingerprint density at radius 2 is 1.92 bits per heavy atom. The highest BCUT2D eigenvalue weighted by molar-refractivity contribution is 5.61. The van der Waals surface area contributed by atoms with Gasteiger partial charge in [0.2, 0.25) is 0 Å². The van der Waals surface area contributed by atoms with E-state index in [1.54, 1.807) is 0 Å². The number of rotatable bonds is 1. The van der Waals surface area contributed by atoms with Crippen molar-refractivity contribution in [3.05, 3.63) is 29.3 Å². The van der Waals surface area contributed by atoms with Gasteiger partial charge in [-0.15, -0.1) is 0 Å². The summed E-state index contributed by atoms with van der Waals surface area (Å²) in [5.41, 5.74) is 4.16. The summed E-state index contributed by atoms with van der Waals surface area (Å²) >= 11 is 0. The number of hydrogen-bond acceptors (Lipinski definition) is 3. The second kappa shape index (κ2) is 2.25. The smallest absolute Gasteiger partial charge is 0.0888 e. The molecule has 2 bridgehead atoms. The van der Waals surface area contributed by atoms with Gasteiger partial charge in [-0.05, 0) is 11.6 Å². The van der Waals surface area contributed by atoms with Gasteiger partial charge in [0, 0.05) is 25.3 Å². The van der Waals surface area contributed by atoms with E-state index in [1.807, 2.05) is 0 Å². The Morgan fingerprint density at radius 1 is 1.15 bits per heavy atom. The van der Waals surface area contributed by atoms with E-state index < -0.39 is 0 Å². The minimum absolute atomic E-state index is 0.388. The van der Waals surface area contributed by atoms with Gasteiger partial charge in [-0.2, -0.15) is 0 Å².